The molecule has 0 saturated carbocycles. The SMILES string of the molecule is O=C(O)CCCCCCNC(=O)c1cc(Br)ccc1Br. The van der Waals surface area contributed by atoms with E-state index in [0.29, 0.717) is 18.5 Å². The van der Waals surface area contributed by atoms with Gasteiger partial charge in [-0.1, -0.05) is 28.8 Å². The van der Waals surface area contributed by atoms with Crippen molar-refractivity contribution in [3.63, 3.8) is 0 Å². The molecule has 0 heterocycles. The Kier molecular flexibility index (Phi) is 7.84. The van der Waals surface area contributed by atoms with Crippen LogP contribution in [-0.4, -0.2) is 23.5 Å². The van der Waals surface area contributed by atoms with Gasteiger partial charge in [-0.25, -0.2) is 0 Å². The van der Waals surface area contributed by atoms with Crippen LogP contribution in [-0.2, 0) is 4.79 Å². The standard InChI is InChI=1S/C14H17Br2NO3/c15-10-6-7-12(16)11(9-10)14(20)17-8-4-2-1-3-5-13(18)19/h6-7,9H,1-5,8H2,(H,17,20)(H,18,19). The van der Waals surface area contributed by atoms with E-state index in [-0.39, 0.29) is 12.3 Å². The number of hydrogen-bond acceptors (Lipinski definition) is 2. The van der Waals surface area contributed by atoms with E-state index in [1.54, 1.807) is 6.07 Å². The molecule has 1 rings (SSSR count). The lowest BCUT2D eigenvalue weighted by Crippen LogP contribution is -2.24. The number of rotatable bonds is 8. The van der Waals surface area contributed by atoms with Crippen LogP contribution >= 0.6 is 31.9 Å². The Morgan fingerprint density at radius 2 is 1.80 bits per heavy atom. The van der Waals surface area contributed by atoms with E-state index in [1.165, 1.54) is 0 Å². The Balaban J connectivity index is 2.23. The van der Waals surface area contributed by atoms with E-state index in [9.17, 15) is 9.59 Å². The second-order valence-electron chi connectivity index (χ2n) is 4.44. The number of carboxylic acids is 1. The maximum absolute atomic E-state index is 12.0. The van der Waals surface area contributed by atoms with Gasteiger partial charge in [0.25, 0.3) is 5.91 Å². The van der Waals surface area contributed by atoms with Gasteiger partial charge in [0, 0.05) is 21.9 Å². The average molecular weight is 407 g/mol. The first-order valence-electron chi connectivity index (χ1n) is 6.45. The Morgan fingerprint density at radius 3 is 2.50 bits per heavy atom. The normalized spacial score (nSPS) is 10.3. The average Bonchev–Trinajstić information content (AvgIpc) is 2.39. The molecular formula is C14H17Br2NO3. The van der Waals surface area contributed by atoms with Crippen LogP contribution < -0.4 is 5.32 Å². The topological polar surface area (TPSA) is 66.4 Å². The maximum Gasteiger partial charge on any atom is 0.303 e. The van der Waals surface area contributed by atoms with Crippen molar-refractivity contribution in [3.8, 4) is 0 Å². The Labute approximate surface area is 135 Å². The Bertz CT molecular complexity index is 477. The van der Waals surface area contributed by atoms with Crippen molar-refractivity contribution in [1.29, 1.82) is 0 Å². The smallest absolute Gasteiger partial charge is 0.303 e. The molecule has 0 saturated heterocycles. The van der Waals surface area contributed by atoms with E-state index in [2.05, 4.69) is 37.2 Å². The van der Waals surface area contributed by atoms with Gasteiger partial charge in [-0.2, -0.15) is 0 Å². The van der Waals surface area contributed by atoms with Gasteiger partial charge >= 0.3 is 5.97 Å². The van der Waals surface area contributed by atoms with Crippen molar-refractivity contribution in [2.24, 2.45) is 0 Å². The molecule has 20 heavy (non-hydrogen) atoms. The van der Waals surface area contributed by atoms with E-state index in [1.807, 2.05) is 12.1 Å². The molecule has 110 valence electrons. The Morgan fingerprint density at radius 1 is 1.10 bits per heavy atom. The number of halogens is 2. The van der Waals surface area contributed by atoms with Gasteiger partial charge in [-0.3, -0.25) is 9.59 Å². The summed E-state index contributed by atoms with van der Waals surface area (Å²) in [6.07, 6.45) is 3.57. The van der Waals surface area contributed by atoms with Crippen LogP contribution in [0.25, 0.3) is 0 Å². The van der Waals surface area contributed by atoms with Crippen LogP contribution in [0.3, 0.4) is 0 Å². The summed E-state index contributed by atoms with van der Waals surface area (Å²) >= 11 is 6.69. The molecule has 1 amide bonds. The summed E-state index contributed by atoms with van der Waals surface area (Å²) in [7, 11) is 0. The van der Waals surface area contributed by atoms with Gasteiger partial charge in [0.2, 0.25) is 0 Å². The predicted molar refractivity (Wildman–Crippen MR) is 84.9 cm³/mol. The first-order chi connectivity index (χ1) is 9.50. The number of nitrogens with one attached hydrogen (secondary N) is 1. The number of benzene rings is 1. The third-order valence-electron chi connectivity index (χ3n) is 2.78. The molecule has 0 spiro atoms. The molecule has 6 heteroatoms. The molecule has 4 nitrogen and oxygen atoms in total. The molecule has 0 unspecified atom stereocenters. The molecule has 0 aliphatic carbocycles. The van der Waals surface area contributed by atoms with Crippen LogP contribution in [0, 0.1) is 0 Å². The fraction of sp³-hybridized carbons (Fsp3) is 0.429. The maximum atomic E-state index is 12.0. The molecule has 0 fully saturated rings. The monoisotopic (exact) mass is 405 g/mol. The molecule has 1 aromatic rings. The molecule has 0 aromatic heterocycles. The number of aliphatic carboxylic acids is 1. The molecule has 0 aliphatic rings. The van der Waals surface area contributed by atoms with Crippen LogP contribution in [0.5, 0.6) is 0 Å². The van der Waals surface area contributed by atoms with E-state index in [0.717, 1.165) is 28.2 Å². The van der Waals surface area contributed by atoms with Gasteiger partial charge in [0.15, 0.2) is 0 Å². The summed E-state index contributed by atoms with van der Waals surface area (Å²) in [5, 5.41) is 11.4. The van der Waals surface area contributed by atoms with E-state index in [4.69, 9.17) is 5.11 Å². The minimum atomic E-state index is -0.752. The fourth-order valence-electron chi connectivity index (χ4n) is 1.72. The van der Waals surface area contributed by atoms with Crippen molar-refractivity contribution < 1.29 is 14.7 Å². The summed E-state index contributed by atoms with van der Waals surface area (Å²) in [5.41, 5.74) is 0.602. The van der Waals surface area contributed by atoms with Gasteiger partial charge < -0.3 is 10.4 Å². The van der Waals surface area contributed by atoms with Crippen LogP contribution in [0.2, 0.25) is 0 Å². The Hall–Kier alpha value is -0.880. The zero-order valence-corrected chi connectivity index (χ0v) is 14.2. The molecule has 0 atom stereocenters. The summed E-state index contributed by atoms with van der Waals surface area (Å²) in [6.45, 7) is 0.602. The van der Waals surface area contributed by atoms with E-state index >= 15 is 0 Å². The minimum absolute atomic E-state index is 0.108. The first-order valence-corrected chi connectivity index (χ1v) is 8.04. The minimum Gasteiger partial charge on any atom is -0.481 e. The quantitative estimate of drug-likeness (QED) is 0.641. The van der Waals surface area contributed by atoms with Crippen LogP contribution in [0.15, 0.2) is 27.1 Å². The number of carbonyl (C=O) groups excluding carboxylic acids is 1. The third-order valence-corrected chi connectivity index (χ3v) is 3.96. The lowest BCUT2D eigenvalue weighted by atomic mass is 10.1. The van der Waals surface area contributed by atoms with Crippen molar-refractivity contribution >= 4 is 43.7 Å². The van der Waals surface area contributed by atoms with Crippen LogP contribution in [0.4, 0.5) is 0 Å². The molecular weight excluding hydrogens is 390 g/mol. The van der Waals surface area contributed by atoms with E-state index < -0.39 is 5.97 Å². The number of amides is 1. The molecule has 0 bridgehead atoms. The third kappa shape index (κ3) is 6.52. The summed E-state index contributed by atoms with van der Waals surface area (Å²) < 4.78 is 1.62. The zero-order chi connectivity index (χ0) is 15.0. The highest BCUT2D eigenvalue weighted by atomic mass is 79.9. The molecule has 0 radical (unpaired) electrons. The highest BCUT2D eigenvalue weighted by Crippen LogP contribution is 2.21. The highest BCUT2D eigenvalue weighted by molar-refractivity contribution is 9.11. The second-order valence-corrected chi connectivity index (χ2v) is 6.21. The summed E-state index contributed by atoms with van der Waals surface area (Å²) in [6, 6.07) is 5.46. The predicted octanol–water partition coefficient (Wildman–Crippen LogP) is 3.98. The number of carboxylic acid groups (broad SMARTS) is 1. The summed E-state index contributed by atoms with van der Waals surface area (Å²) in [5.74, 6) is -0.860. The van der Waals surface area contributed by atoms with Gasteiger partial charge in [0.1, 0.15) is 0 Å². The molecule has 1 aromatic carbocycles. The lowest BCUT2D eigenvalue weighted by Gasteiger charge is -2.07. The van der Waals surface area contributed by atoms with Crippen molar-refractivity contribution in [3.05, 3.63) is 32.7 Å². The van der Waals surface area contributed by atoms with Crippen molar-refractivity contribution in [1.82, 2.24) is 5.32 Å². The van der Waals surface area contributed by atoms with Gasteiger partial charge in [0.05, 0.1) is 5.56 Å². The lowest BCUT2D eigenvalue weighted by molar-refractivity contribution is -0.137. The molecule has 2 N–H and O–H groups in total. The largest absolute Gasteiger partial charge is 0.481 e. The van der Waals surface area contributed by atoms with Crippen molar-refractivity contribution in [2.45, 2.75) is 32.1 Å². The number of hydrogen-bond donors (Lipinski definition) is 2. The number of unbranched alkanes of at least 4 members (excludes halogenated alkanes) is 3. The first kappa shape index (κ1) is 17.2. The highest BCUT2D eigenvalue weighted by Gasteiger charge is 2.09. The van der Waals surface area contributed by atoms with Gasteiger partial charge in [-0.15, -0.1) is 0 Å². The zero-order valence-electron chi connectivity index (χ0n) is 11.0. The number of carbonyl (C=O) groups is 2. The van der Waals surface area contributed by atoms with Crippen molar-refractivity contribution in [2.75, 3.05) is 6.54 Å². The fourth-order valence-corrected chi connectivity index (χ4v) is 2.51. The summed E-state index contributed by atoms with van der Waals surface area (Å²) in [4.78, 5) is 22.3. The van der Waals surface area contributed by atoms with Crippen LogP contribution in [0.1, 0.15) is 42.5 Å². The van der Waals surface area contributed by atoms with Gasteiger partial charge in [-0.05, 0) is 47.0 Å². The second kappa shape index (κ2) is 9.13. The molecule has 0 aliphatic heterocycles.